The highest BCUT2D eigenvalue weighted by Gasteiger charge is 2.32. The Kier molecular flexibility index (Phi) is 5.76. The number of nitrogens with zero attached hydrogens (tertiary/aromatic N) is 4. The van der Waals surface area contributed by atoms with Crippen LogP contribution in [0.5, 0.6) is 0 Å². The van der Waals surface area contributed by atoms with Gasteiger partial charge in [0.25, 0.3) is 5.69 Å². The van der Waals surface area contributed by atoms with E-state index in [1.807, 2.05) is 6.07 Å². The van der Waals surface area contributed by atoms with E-state index in [9.17, 15) is 18.5 Å². The molecule has 11 heteroatoms. The number of piperazine rings is 1. The molecular formula is C17H14Cl2N4O4S. The second-order valence-corrected chi connectivity index (χ2v) is 8.79. The Balaban J connectivity index is 1.83. The van der Waals surface area contributed by atoms with Crippen molar-refractivity contribution in [1.29, 1.82) is 5.26 Å². The fourth-order valence-electron chi connectivity index (χ4n) is 2.99. The molecule has 8 nitrogen and oxygen atoms in total. The van der Waals surface area contributed by atoms with E-state index in [4.69, 9.17) is 28.5 Å². The fraction of sp³-hybridized carbons (Fsp3) is 0.235. The van der Waals surface area contributed by atoms with Gasteiger partial charge in [0.05, 0.1) is 21.6 Å². The van der Waals surface area contributed by atoms with Crippen molar-refractivity contribution in [3.63, 3.8) is 0 Å². The molecule has 1 aliphatic heterocycles. The molecule has 1 fully saturated rings. The van der Waals surface area contributed by atoms with Crippen LogP contribution in [0.3, 0.4) is 0 Å². The average molecular weight is 441 g/mol. The van der Waals surface area contributed by atoms with Crippen LogP contribution in [-0.4, -0.2) is 43.8 Å². The standard InChI is InChI=1S/C17H14Cl2N4O4S/c18-13-2-3-14(19)17(10-13)28(26,27)22-7-5-21(6-8-22)15-4-1-12(11-20)9-16(15)23(24)25/h1-4,9-10H,5-8H2. The summed E-state index contributed by atoms with van der Waals surface area (Å²) in [6, 6.07) is 10.3. The molecule has 1 aliphatic rings. The molecule has 0 aromatic heterocycles. The molecule has 0 spiro atoms. The van der Waals surface area contributed by atoms with Crippen LogP contribution in [-0.2, 0) is 10.0 Å². The van der Waals surface area contributed by atoms with E-state index < -0.39 is 14.9 Å². The first-order chi connectivity index (χ1) is 13.2. The summed E-state index contributed by atoms with van der Waals surface area (Å²) in [5.74, 6) is 0. The van der Waals surface area contributed by atoms with Gasteiger partial charge in [-0.25, -0.2) is 8.42 Å². The van der Waals surface area contributed by atoms with Crippen LogP contribution in [0.25, 0.3) is 0 Å². The molecule has 146 valence electrons. The number of nitro groups is 1. The number of rotatable bonds is 4. The number of nitriles is 1. The van der Waals surface area contributed by atoms with Gasteiger partial charge in [-0.15, -0.1) is 0 Å². The first-order valence-electron chi connectivity index (χ1n) is 8.12. The van der Waals surface area contributed by atoms with Crippen molar-refractivity contribution in [1.82, 2.24) is 4.31 Å². The predicted molar refractivity (Wildman–Crippen MR) is 105 cm³/mol. The molecule has 28 heavy (non-hydrogen) atoms. The van der Waals surface area contributed by atoms with Gasteiger partial charge in [0.15, 0.2) is 0 Å². The SMILES string of the molecule is N#Cc1ccc(N2CCN(S(=O)(=O)c3cc(Cl)ccc3Cl)CC2)c([N+](=O)[O-])c1. The van der Waals surface area contributed by atoms with Crippen molar-refractivity contribution in [2.24, 2.45) is 0 Å². The van der Waals surface area contributed by atoms with Gasteiger partial charge in [-0.1, -0.05) is 23.2 Å². The Hall–Kier alpha value is -2.38. The summed E-state index contributed by atoms with van der Waals surface area (Å²) in [5, 5.41) is 20.6. The summed E-state index contributed by atoms with van der Waals surface area (Å²) in [4.78, 5) is 12.5. The molecule has 1 heterocycles. The zero-order valence-corrected chi connectivity index (χ0v) is 16.7. The molecule has 0 bridgehead atoms. The topological polar surface area (TPSA) is 108 Å². The number of hydrogen-bond donors (Lipinski definition) is 0. The van der Waals surface area contributed by atoms with E-state index in [0.717, 1.165) is 0 Å². The van der Waals surface area contributed by atoms with Gasteiger partial charge in [-0.05, 0) is 30.3 Å². The molecule has 3 rings (SSSR count). The lowest BCUT2D eigenvalue weighted by atomic mass is 10.1. The summed E-state index contributed by atoms with van der Waals surface area (Å²) in [6.07, 6.45) is 0. The number of halogens is 2. The fourth-order valence-corrected chi connectivity index (χ4v) is 5.15. The minimum atomic E-state index is -3.84. The van der Waals surface area contributed by atoms with E-state index in [1.54, 1.807) is 4.90 Å². The second-order valence-electron chi connectivity index (χ2n) is 6.04. The highest BCUT2D eigenvalue weighted by Crippen LogP contribution is 2.32. The van der Waals surface area contributed by atoms with Gasteiger partial charge < -0.3 is 4.90 Å². The molecular weight excluding hydrogens is 427 g/mol. The van der Waals surface area contributed by atoms with Crippen molar-refractivity contribution in [3.8, 4) is 6.07 Å². The molecule has 0 saturated carbocycles. The lowest BCUT2D eigenvalue weighted by Gasteiger charge is -2.35. The number of hydrogen-bond acceptors (Lipinski definition) is 6. The Morgan fingerprint density at radius 1 is 1.07 bits per heavy atom. The maximum Gasteiger partial charge on any atom is 0.293 e. The van der Waals surface area contributed by atoms with Crippen LogP contribution in [0, 0.1) is 21.4 Å². The summed E-state index contributed by atoms with van der Waals surface area (Å²) in [5.41, 5.74) is 0.349. The summed E-state index contributed by atoms with van der Waals surface area (Å²) in [7, 11) is -3.84. The maximum atomic E-state index is 12.9. The summed E-state index contributed by atoms with van der Waals surface area (Å²) < 4.78 is 27.0. The smallest absolute Gasteiger partial charge is 0.293 e. The monoisotopic (exact) mass is 440 g/mol. The van der Waals surface area contributed by atoms with Crippen molar-refractivity contribution in [2.75, 3.05) is 31.1 Å². The first kappa shape index (κ1) is 20.4. The van der Waals surface area contributed by atoms with E-state index in [2.05, 4.69) is 0 Å². The zero-order valence-electron chi connectivity index (χ0n) is 14.4. The lowest BCUT2D eigenvalue weighted by Crippen LogP contribution is -2.48. The van der Waals surface area contributed by atoms with Gasteiger partial charge in [0.2, 0.25) is 10.0 Å². The number of anilines is 1. The van der Waals surface area contributed by atoms with Crippen molar-refractivity contribution >= 4 is 44.6 Å². The molecule has 0 amide bonds. The Morgan fingerprint density at radius 3 is 2.36 bits per heavy atom. The third-order valence-corrected chi connectivity index (χ3v) is 7.01. The zero-order chi connectivity index (χ0) is 20.5. The minimum Gasteiger partial charge on any atom is -0.363 e. The Labute approximate surface area is 171 Å². The summed E-state index contributed by atoms with van der Waals surface area (Å²) >= 11 is 11.9. The van der Waals surface area contributed by atoms with Crippen LogP contribution in [0.4, 0.5) is 11.4 Å². The quantitative estimate of drug-likeness (QED) is 0.532. The third-order valence-electron chi connectivity index (χ3n) is 4.39. The van der Waals surface area contributed by atoms with E-state index in [-0.39, 0.29) is 52.4 Å². The van der Waals surface area contributed by atoms with Crippen molar-refractivity contribution < 1.29 is 13.3 Å². The Bertz CT molecular complexity index is 1080. The maximum absolute atomic E-state index is 12.9. The highest BCUT2D eigenvalue weighted by atomic mass is 35.5. The van der Waals surface area contributed by atoms with Gasteiger partial charge in [-0.2, -0.15) is 9.57 Å². The number of benzene rings is 2. The molecule has 0 radical (unpaired) electrons. The summed E-state index contributed by atoms with van der Waals surface area (Å²) in [6.45, 7) is 0.763. The predicted octanol–water partition coefficient (Wildman–Crippen LogP) is 3.28. The van der Waals surface area contributed by atoms with Crippen LogP contribution in [0.1, 0.15) is 5.56 Å². The van der Waals surface area contributed by atoms with Gasteiger partial charge >= 0.3 is 0 Å². The van der Waals surface area contributed by atoms with Crippen LogP contribution >= 0.6 is 23.2 Å². The first-order valence-corrected chi connectivity index (χ1v) is 10.3. The average Bonchev–Trinajstić information content (AvgIpc) is 2.69. The number of sulfonamides is 1. The van der Waals surface area contributed by atoms with E-state index >= 15 is 0 Å². The van der Waals surface area contributed by atoms with Gasteiger partial charge in [-0.3, -0.25) is 10.1 Å². The van der Waals surface area contributed by atoms with Crippen LogP contribution in [0.2, 0.25) is 10.0 Å². The molecule has 2 aromatic carbocycles. The second kappa shape index (κ2) is 7.93. The van der Waals surface area contributed by atoms with Crippen LogP contribution in [0.15, 0.2) is 41.3 Å². The van der Waals surface area contributed by atoms with Gasteiger partial charge in [0.1, 0.15) is 10.6 Å². The largest absolute Gasteiger partial charge is 0.363 e. The highest BCUT2D eigenvalue weighted by molar-refractivity contribution is 7.89. The van der Waals surface area contributed by atoms with Crippen LogP contribution < -0.4 is 4.90 Å². The van der Waals surface area contributed by atoms with E-state index in [0.29, 0.717) is 5.69 Å². The molecule has 2 aromatic rings. The molecule has 0 aliphatic carbocycles. The van der Waals surface area contributed by atoms with E-state index in [1.165, 1.54) is 40.7 Å². The van der Waals surface area contributed by atoms with Gasteiger partial charge in [0, 0.05) is 37.3 Å². The minimum absolute atomic E-state index is 0.0699. The molecule has 1 saturated heterocycles. The third kappa shape index (κ3) is 3.91. The lowest BCUT2D eigenvalue weighted by molar-refractivity contribution is -0.384. The molecule has 0 N–H and O–H groups in total. The normalized spacial score (nSPS) is 15.2. The van der Waals surface area contributed by atoms with Crippen molar-refractivity contribution in [2.45, 2.75) is 4.90 Å². The molecule has 0 atom stereocenters. The molecule has 0 unspecified atom stereocenters. The Morgan fingerprint density at radius 2 is 1.75 bits per heavy atom. The number of nitro benzene ring substituents is 1. The van der Waals surface area contributed by atoms with Crippen molar-refractivity contribution in [3.05, 3.63) is 62.1 Å².